The second-order valence-corrected chi connectivity index (χ2v) is 5.38. The van der Waals surface area contributed by atoms with Crippen LogP contribution in [-0.4, -0.2) is 9.55 Å². The Bertz CT molecular complexity index is 886. The number of aromatic amines is 1. The Kier molecular flexibility index (Phi) is 3.28. The fourth-order valence-electron chi connectivity index (χ4n) is 2.00. The van der Waals surface area contributed by atoms with Gasteiger partial charge in [-0.3, -0.25) is 4.57 Å². The molecule has 1 aromatic heterocycles. The van der Waals surface area contributed by atoms with Crippen molar-refractivity contribution in [2.24, 2.45) is 0 Å². The third-order valence-electron chi connectivity index (χ3n) is 2.87. The van der Waals surface area contributed by atoms with E-state index >= 15 is 0 Å². The van der Waals surface area contributed by atoms with Gasteiger partial charge in [-0.05, 0) is 36.5 Å². The number of H-pyrrole nitrogens is 1. The molecule has 3 rings (SSSR count). The molecule has 0 fully saturated rings. The van der Waals surface area contributed by atoms with Gasteiger partial charge in [-0.25, -0.2) is 8.78 Å². The van der Waals surface area contributed by atoms with Gasteiger partial charge in [-0.1, -0.05) is 23.2 Å². The molecule has 0 aliphatic heterocycles. The number of nitrogens with one attached hydrogen (secondary N) is 1. The molecule has 0 atom stereocenters. The van der Waals surface area contributed by atoms with Crippen LogP contribution in [-0.2, 0) is 0 Å². The predicted octanol–water partition coefficient (Wildman–Crippen LogP) is 5.27. The monoisotopic (exact) mass is 330 g/mol. The summed E-state index contributed by atoms with van der Waals surface area (Å²) in [6.07, 6.45) is 0. The number of aromatic nitrogens is 2. The molecule has 2 nitrogen and oxygen atoms in total. The quantitative estimate of drug-likeness (QED) is 0.602. The lowest BCUT2D eigenvalue weighted by Crippen LogP contribution is -1.97. The van der Waals surface area contributed by atoms with E-state index in [1.807, 2.05) is 0 Å². The fraction of sp³-hybridized carbons (Fsp3) is 0. The molecule has 0 radical (unpaired) electrons. The van der Waals surface area contributed by atoms with Gasteiger partial charge in [0.25, 0.3) is 0 Å². The number of rotatable bonds is 1. The fourth-order valence-corrected chi connectivity index (χ4v) is 2.63. The predicted molar refractivity (Wildman–Crippen MR) is 78.4 cm³/mol. The first-order chi connectivity index (χ1) is 9.47. The Morgan fingerprint density at radius 1 is 1.05 bits per heavy atom. The molecule has 20 heavy (non-hydrogen) atoms. The van der Waals surface area contributed by atoms with Crippen LogP contribution < -0.4 is 0 Å². The summed E-state index contributed by atoms with van der Waals surface area (Å²) in [4.78, 5) is 2.81. The van der Waals surface area contributed by atoms with Crippen LogP contribution in [0, 0.1) is 16.4 Å². The van der Waals surface area contributed by atoms with Crippen molar-refractivity contribution < 1.29 is 8.78 Å². The maximum Gasteiger partial charge on any atom is 0.182 e. The van der Waals surface area contributed by atoms with Crippen LogP contribution in [0.15, 0.2) is 30.3 Å². The van der Waals surface area contributed by atoms with E-state index in [1.54, 1.807) is 6.07 Å². The van der Waals surface area contributed by atoms with Gasteiger partial charge >= 0.3 is 0 Å². The minimum atomic E-state index is -0.570. The minimum absolute atomic E-state index is 0.0605. The van der Waals surface area contributed by atoms with Crippen LogP contribution >= 0.6 is 35.4 Å². The van der Waals surface area contributed by atoms with Crippen LogP contribution in [0.1, 0.15) is 0 Å². The maximum atomic E-state index is 14.0. The van der Waals surface area contributed by atoms with E-state index in [4.69, 9.17) is 35.4 Å². The topological polar surface area (TPSA) is 20.7 Å². The van der Waals surface area contributed by atoms with Crippen LogP contribution in [0.2, 0.25) is 10.0 Å². The summed E-state index contributed by atoms with van der Waals surface area (Å²) in [6.45, 7) is 0. The number of hydrogen-bond acceptors (Lipinski definition) is 1. The summed E-state index contributed by atoms with van der Waals surface area (Å²) in [5.74, 6) is -1.10. The smallest absolute Gasteiger partial charge is 0.182 e. The van der Waals surface area contributed by atoms with E-state index in [0.29, 0.717) is 11.0 Å². The van der Waals surface area contributed by atoms with Gasteiger partial charge in [-0.2, -0.15) is 0 Å². The highest BCUT2D eigenvalue weighted by molar-refractivity contribution is 7.71. The molecule has 0 unspecified atom stereocenters. The number of imidazole rings is 1. The SMILES string of the molecule is Fc1cc2[nH]c(=S)n(-c3ccc(Cl)cc3F)c2cc1Cl. The molecule has 0 aliphatic rings. The lowest BCUT2D eigenvalue weighted by molar-refractivity contribution is 0.619. The highest BCUT2D eigenvalue weighted by atomic mass is 35.5. The Morgan fingerprint density at radius 2 is 1.80 bits per heavy atom. The second-order valence-electron chi connectivity index (χ2n) is 4.14. The average molecular weight is 331 g/mol. The molecule has 0 bridgehead atoms. The van der Waals surface area contributed by atoms with Crippen molar-refractivity contribution in [3.05, 3.63) is 56.8 Å². The molecule has 7 heteroatoms. The Hall–Kier alpha value is -1.43. The van der Waals surface area contributed by atoms with Gasteiger partial charge in [-0.15, -0.1) is 0 Å². The largest absolute Gasteiger partial charge is 0.330 e. The van der Waals surface area contributed by atoms with Crippen molar-refractivity contribution in [3.63, 3.8) is 0 Å². The Labute approximate surface area is 127 Å². The van der Waals surface area contributed by atoms with Gasteiger partial charge in [0.15, 0.2) is 4.77 Å². The van der Waals surface area contributed by atoms with Gasteiger partial charge < -0.3 is 4.98 Å². The van der Waals surface area contributed by atoms with Crippen molar-refractivity contribution >= 4 is 46.5 Å². The summed E-state index contributed by atoms with van der Waals surface area (Å²) >= 11 is 16.7. The van der Waals surface area contributed by atoms with E-state index in [9.17, 15) is 8.78 Å². The average Bonchev–Trinajstić information content (AvgIpc) is 2.66. The Morgan fingerprint density at radius 3 is 2.50 bits per heavy atom. The summed E-state index contributed by atoms with van der Waals surface area (Å²) in [5.41, 5.74) is 1.14. The maximum absolute atomic E-state index is 14.0. The number of benzene rings is 2. The highest BCUT2D eigenvalue weighted by Crippen LogP contribution is 2.27. The van der Waals surface area contributed by atoms with Crippen LogP contribution in [0.3, 0.4) is 0 Å². The van der Waals surface area contributed by atoms with E-state index in [1.165, 1.54) is 28.8 Å². The molecule has 102 valence electrons. The number of hydrogen-bond donors (Lipinski definition) is 1. The lowest BCUT2D eigenvalue weighted by atomic mass is 10.2. The highest BCUT2D eigenvalue weighted by Gasteiger charge is 2.13. The summed E-state index contributed by atoms with van der Waals surface area (Å²) in [7, 11) is 0. The zero-order valence-electron chi connectivity index (χ0n) is 9.75. The number of fused-ring (bicyclic) bond motifs is 1. The molecule has 0 saturated carbocycles. The van der Waals surface area contributed by atoms with E-state index < -0.39 is 11.6 Å². The normalized spacial score (nSPS) is 11.2. The van der Waals surface area contributed by atoms with Gasteiger partial charge in [0, 0.05) is 11.1 Å². The molecule has 1 N–H and O–H groups in total. The van der Waals surface area contributed by atoms with E-state index in [2.05, 4.69) is 4.98 Å². The summed E-state index contributed by atoms with van der Waals surface area (Å²) in [5, 5.41) is 0.219. The molecule has 0 spiro atoms. The molecule has 1 heterocycles. The first-order valence-corrected chi connectivity index (χ1v) is 6.69. The van der Waals surface area contributed by atoms with Crippen molar-refractivity contribution in [2.75, 3.05) is 0 Å². The van der Waals surface area contributed by atoms with Crippen LogP contribution in [0.5, 0.6) is 0 Å². The standard InChI is InChI=1S/C13H6Cl2F2N2S/c14-6-1-2-11(9(17)3-6)19-12-4-7(15)8(16)5-10(12)18-13(19)20/h1-5H,(H,18,20). The zero-order chi connectivity index (χ0) is 14.4. The summed E-state index contributed by atoms with van der Waals surface area (Å²) in [6, 6.07) is 6.84. The zero-order valence-corrected chi connectivity index (χ0v) is 12.1. The molecule has 2 aromatic carbocycles. The van der Waals surface area contributed by atoms with Crippen LogP contribution in [0.4, 0.5) is 8.78 Å². The van der Waals surface area contributed by atoms with E-state index in [0.717, 1.165) is 0 Å². The molecule has 0 saturated heterocycles. The lowest BCUT2D eigenvalue weighted by Gasteiger charge is -2.06. The number of halogens is 4. The van der Waals surface area contributed by atoms with E-state index in [-0.39, 0.29) is 20.5 Å². The van der Waals surface area contributed by atoms with Crippen LogP contribution in [0.25, 0.3) is 16.7 Å². The van der Waals surface area contributed by atoms with Crippen molar-refractivity contribution in [2.45, 2.75) is 0 Å². The number of nitrogens with zero attached hydrogens (tertiary/aromatic N) is 1. The molecular formula is C13H6Cl2F2N2S. The second kappa shape index (κ2) is 4.84. The first kappa shape index (κ1) is 13.5. The summed E-state index contributed by atoms with van der Waals surface area (Å²) < 4.78 is 29.2. The van der Waals surface area contributed by atoms with Crippen molar-refractivity contribution in [3.8, 4) is 5.69 Å². The van der Waals surface area contributed by atoms with Gasteiger partial charge in [0.1, 0.15) is 11.6 Å². The van der Waals surface area contributed by atoms with Crippen molar-refractivity contribution in [1.29, 1.82) is 0 Å². The van der Waals surface area contributed by atoms with Gasteiger partial charge in [0.05, 0.1) is 21.7 Å². The third kappa shape index (κ3) is 2.12. The van der Waals surface area contributed by atoms with Crippen molar-refractivity contribution in [1.82, 2.24) is 9.55 Å². The third-order valence-corrected chi connectivity index (χ3v) is 3.68. The molecule has 3 aromatic rings. The Balaban J connectivity index is 2.39. The molecule has 0 amide bonds. The molecule has 0 aliphatic carbocycles. The molecular weight excluding hydrogens is 325 g/mol. The van der Waals surface area contributed by atoms with Gasteiger partial charge in [0.2, 0.25) is 0 Å². The first-order valence-electron chi connectivity index (χ1n) is 5.52. The minimum Gasteiger partial charge on any atom is -0.330 e.